The summed E-state index contributed by atoms with van der Waals surface area (Å²) in [7, 11) is 0. The molecule has 0 aromatic heterocycles. The van der Waals surface area contributed by atoms with Gasteiger partial charge >= 0.3 is 0 Å². The molecular weight excluding hydrogens is 378 g/mol. The molecule has 29 heavy (non-hydrogen) atoms. The number of terminal acetylenes is 1. The number of rotatable bonds is 5. The fraction of sp³-hybridized carbons (Fsp3) is 0.0833. The topological polar surface area (TPSA) is 53.5 Å². The molecule has 0 saturated carbocycles. The smallest absolute Gasteiger partial charge is 0.287 e. The fourth-order valence-electron chi connectivity index (χ4n) is 3.20. The number of carbonyl (C=O) groups excluding carboxylic acids is 1. The van der Waals surface area contributed by atoms with E-state index >= 15 is 0 Å². The number of hydrogen-bond donors (Lipinski definition) is 2. The number of amides is 1. The first-order chi connectivity index (χ1) is 14.2. The molecule has 142 valence electrons. The maximum Gasteiger partial charge on any atom is 0.287 e. The van der Waals surface area contributed by atoms with Crippen molar-refractivity contribution in [2.24, 2.45) is 4.99 Å². The summed E-state index contributed by atoms with van der Waals surface area (Å²) in [5, 5.41) is 3.02. The van der Waals surface area contributed by atoms with Gasteiger partial charge in [-0.3, -0.25) is 4.79 Å². The first-order valence-electron chi connectivity index (χ1n) is 9.25. The number of amidine groups is 1. The van der Waals surface area contributed by atoms with Crippen LogP contribution in [0.3, 0.4) is 0 Å². The van der Waals surface area contributed by atoms with E-state index in [-0.39, 0.29) is 17.7 Å². The van der Waals surface area contributed by atoms with Crippen molar-refractivity contribution in [3.05, 3.63) is 95.6 Å². The standard InChI is InChI=1S/C24H19N3OS/c1-2-17-13-14-21-22(15-17)29-27-23(26-21)24(28)25-16-20(18-9-5-3-6-10-18)19-11-7-4-8-12-19/h1,3-15,20H,16H2,(H,25,28)(H,26,27). The van der Waals surface area contributed by atoms with Gasteiger partial charge in [-0.05, 0) is 41.3 Å². The molecule has 5 heteroatoms. The number of hydrogen-bond acceptors (Lipinski definition) is 4. The number of fused-ring (bicyclic) bond motifs is 1. The average molecular weight is 398 g/mol. The molecule has 2 N–H and O–H groups in total. The fourth-order valence-corrected chi connectivity index (χ4v) is 3.95. The molecule has 0 spiro atoms. The zero-order valence-corrected chi connectivity index (χ0v) is 16.4. The molecule has 0 atom stereocenters. The van der Waals surface area contributed by atoms with E-state index in [2.05, 4.69) is 45.2 Å². The molecule has 1 heterocycles. The monoisotopic (exact) mass is 397 g/mol. The largest absolute Gasteiger partial charge is 0.348 e. The van der Waals surface area contributed by atoms with Crippen LogP contribution in [0.15, 0.2) is 88.8 Å². The molecule has 1 aliphatic heterocycles. The minimum absolute atomic E-state index is 0.0590. The Kier molecular flexibility index (Phi) is 5.64. The predicted octanol–water partition coefficient (Wildman–Crippen LogP) is 4.26. The third-order valence-corrected chi connectivity index (χ3v) is 5.54. The van der Waals surface area contributed by atoms with Crippen molar-refractivity contribution >= 4 is 29.4 Å². The van der Waals surface area contributed by atoms with E-state index in [4.69, 9.17) is 6.42 Å². The van der Waals surface area contributed by atoms with Gasteiger partial charge in [0.05, 0.1) is 10.6 Å². The summed E-state index contributed by atoms with van der Waals surface area (Å²) in [5.41, 5.74) is 3.83. The highest BCUT2D eigenvalue weighted by Gasteiger charge is 2.21. The normalized spacial score (nSPS) is 12.3. The molecule has 0 saturated heterocycles. The number of aliphatic imine (C=N–C) groups is 1. The number of nitrogens with one attached hydrogen (secondary N) is 2. The Balaban J connectivity index is 1.51. The number of carbonyl (C=O) groups is 1. The van der Waals surface area contributed by atoms with E-state index in [1.54, 1.807) is 0 Å². The molecule has 3 aromatic rings. The summed E-state index contributed by atoms with van der Waals surface area (Å²) in [4.78, 5) is 18.1. The number of benzene rings is 3. The quantitative estimate of drug-likeness (QED) is 0.500. The highest BCUT2D eigenvalue weighted by Crippen LogP contribution is 2.32. The molecule has 4 nitrogen and oxygen atoms in total. The van der Waals surface area contributed by atoms with E-state index in [1.165, 1.54) is 11.9 Å². The third-order valence-electron chi connectivity index (χ3n) is 4.70. The summed E-state index contributed by atoms with van der Waals surface area (Å²) < 4.78 is 3.02. The van der Waals surface area contributed by atoms with Crippen molar-refractivity contribution < 1.29 is 4.79 Å². The first-order valence-corrected chi connectivity index (χ1v) is 10.1. The highest BCUT2D eigenvalue weighted by atomic mass is 32.2. The van der Waals surface area contributed by atoms with E-state index < -0.39 is 0 Å². The van der Waals surface area contributed by atoms with Crippen LogP contribution >= 0.6 is 11.9 Å². The Morgan fingerprint density at radius 1 is 1.03 bits per heavy atom. The molecule has 0 bridgehead atoms. The first kappa shape index (κ1) is 18.9. The van der Waals surface area contributed by atoms with Crippen LogP contribution in [0.1, 0.15) is 22.6 Å². The lowest BCUT2D eigenvalue weighted by atomic mass is 9.91. The molecular formula is C24H19N3OS. The van der Waals surface area contributed by atoms with Crippen molar-refractivity contribution in [3.8, 4) is 12.3 Å². The highest BCUT2D eigenvalue weighted by molar-refractivity contribution is 7.98. The summed E-state index contributed by atoms with van der Waals surface area (Å²) >= 11 is 1.34. The second kappa shape index (κ2) is 8.68. The van der Waals surface area contributed by atoms with Crippen molar-refractivity contribution in [3.63, 3.8) is 0 Å². The van der Waals surface area contributed by atoms with Crippen molar-refractivity contribution in [2.45, 2.75) is 10.8 Å². The minimum Gasteiger partial charge on any atom is -0.348 e. The molecule has 0 radical (unpaired) electrons. The van der Waals surface area contributed by atoms with Gasteiger partial charge in [-0.25, -0.2) is 4.99 Å². The summed E-state index contributed by atoms with van der Waals surface area (Å²) in [6, 6.07) is 25.9. The van der Waals surface area contributed by atoms with Gasteiger partial charge < -0.3 is 10.0 Å². The lowest BCUT2D eigenvalue weighted by Crippen LogP contribution is -2.40. The Hall–Kier alpha value is -3.49. The summed E-state index contributed by atoms with van der Waals surface area (Å²) in [6.45, 7) is 0.473. The van der Waals surface area contributed by atoms with Gasteiger partial charge in [0.1, 0.15) is 0 Å². The molecule has 1 aliphatic rings. The Labute approximate surface area is 174 Å². The Morgan fingerprint density at radius 2 is 1.69 bits per heavy atom. The summed E-state index contributed by atoms with van der Waals surface area (Å²) in [5.74, 6) is 2.72. The summed E-state index contributed by atoms with van der Waals surface area (Å²) in [6.07, 6.45) is 5.44. The predicted molar refractivity (Wildman–Crippen MR) is 118 cm³/mol. The van der Waals surface area contributed by atoms with Crippen LogP contribution < -0.4 is 10.0 Å². The average Bonchev–Trinajstić information content (AvgIpc) is 2.79. The Bertz CT molecular complexity index is 1050. The maximum atomic E-state index is 12.7. The van der Waals surface area contributed by atoms with Gasteiger partial charge in [0.2, 0.25) is 5.84 Å². The van der Waals surface area contributed by atoms with E-state index in [0.29, 0.717) is 6.54 Å². The van der Waals surface area contributed by atoms with Crippen LogP contribution in [-0.4, -0.2) is 18.3 Å². The molecule has 0 aliphatic carbocycles. The van der Waals surface area contributed by atoms with Crippen LogP contribution in [0.2, 0.25) is 0 Å². The van der Waals surface area contributed by atoms with Crippen molar-refractivity contribution in [2.75, 3.05) is 6.54 Å². The van der Waals surface area contributed by atoms with Crippen LogP contribution in [0, 0.1) is 12.3 Å². The van der Waals surface area contributed by atoms with Gasteiger partial charge in [-0.1, -0.05) is 66.6 Å². The molecule has 0 unspecified atom stereocenters. The van der Waals surface area contributed by atoms with Gasteiger partial charge in [0, 0.05) is 18.0 Å². The van der Waals surface area contributed by atoms with Gasteiger partial charge in [-0.15, -0.1) is 6.42 Å². The van der Waals surface area contributed by atoms with Gasteiger partial charge in [0.15, 0.2) is 0 Å². The van der Waals surface area contributed by atoms with Gasteiger partial charge in [-0.2, -0.15) is 0 Å². The SMILES string of the molecule is C#Cc1ccc2c(c1)SNC(C(=O)NCC(c1ccccc1)c1ccccc1)=N2. The lowest BCUT2D eigenvalue weighted by molar-refractivity contribution is -0.114. The van der Waals surface area contributed by atoms with Crippen LogP contribution in [0.5, 0.6) is 0 Å². The zero-order chi connectivity index (χ0) is 20.1. The second-order valence-corrected chi connectivity index (χ2v) is 7.42. The minimum atomic E-state index is -0.235. The van der Waals surface area contributed by atoms with Gasteiger partial charge in [0.25, 0.3) is 5.91 Å². The second-order valence-electron chi connectivity index (χ2n) is 6.58. The molecule has 4 rings (SSSR count). The maximum absolute atomic E-state index is 12.7. The van der Waals surface area contributed by atoms with E-state index in [1.807, 2.05) is 54.6 Å². The van der Waals surface area contributed by atoms with Crippen molar-refractivity contribution in [1.29, 1.82) is 0 Å². The molecule has 0 fully saturated rings. The van der Waals surface area contributed by atoms with Crippen LogP contribution in [0.4, 0.5) is 5.69 Å². The third kappa shape index (κ3) is 4.34. The van der Waals surface area contributed by atoms with E-state index in [9.17, 15) is 4.79 Å². The Morgan fingerprint density at radius 3 is 2.31 bits per heavy atom. The van der Waals surface area contributed by atoms with Crippen LogP contribution in [0.25, 0.3) is 0 Å². The lowest BCUT2D eigenvalue weighted by Gasteiger charge is -2.20. The van der Waals surface area contributed by atoms with Crippen LogP contribution in [-0.2, 0) is 4.79 Å². The molecule has 3 aromatic carbocycles. The molecule has 1 amide bonds. The zero-order valence-electron chi connectivity index (χ0n) is 15.6. The number of nitrogens with zero attached hydrogens (tertiary/aromatic N) is 1. The van der Waals surface area contributed by atoms with Crippen molar-refractivity contribution in [1.82, 2.24) is 10.0 Å². The van der Waals surface area contributed by atoms with E-state index in [0.717, 1.165) is 27.3 Å².